The first kappa shape index (κ1) is 12.3. The van der Waals surface area contributed by atoms with Crippen LogP contribution in [0.5, 0.6) is 0 Å². The molecule has 5 nitrogen and oxygen atoms in total. The lowest BCUT2D eigenvalue weighted by Crippen LogP contribution is -2.17. The van der Waals surface area contributed by atoms with Gasteiger partial charge in [0.2, 0.25) is 0 Å². The molecule has 0 saturated heterocycles. The molecule has 0 spiro atoms. The molecule has 6 heteroatoms. The smallest absolute Gasteiger partial charge is 0.267 e. The maximum Gasteiger partial charge on any atom is 0.267 e. The topological polar surface area (TPSA) is 72.8 Å². The van der Waals surface area contributed by atoms with E-state index in [1.54, 1.807) is 36.2 Å². The Bertz CT molecular complexity index is 657. The molecule has 0 aliphatic rings. The van der Waals surface area contributed by atoms with Crippen LogP contribution in [0.2, 0.25) is 0 Å². The Morgan fingerprint density at radius 2 is 2.06 bits per heavy atom. The van der Waals surface area contributed by atoms with Crippen molar-refractivity contribution in [3.8, 4) is 6.07 Å². The summed E-state index contributed by atoms with van der Waals surface area (Å²) in [6.45, 7) is 0. The number of hydrogen-bond donors (Lipinski definition) is 1. The van der Waals surface area contributed by atoms with Crippen LogP contribution >= 0.6 is 15.9 Å². The largest absolute Gasteiger partial charge is 0.328 e. The van der Waals surface area contributed by atoms with Gasteiger partial charge in [-0.3, -0.25) is 4.79 Å². The van der Waals surface area contributed by atoms with Crippen LogP contribution in [-0.4, -0.2) is 17.0 Å². The standard InChI is InChI=1S/C12H9BrN4O/c1-17(9-4-2-8(6-14)3-5-9)11-10(13)12(18)16-7-15-11/h2-5,7H,1H3,(H,15,16,18). The minimum atomic E-state index is -0.236. The summed E-state index contributed by atoms with van der Waals surface area (Å²) in [7, 11) is 1.80. The molecule has 2 aromatic rings. The van der Waals surface area contributed by atoms with Crippen molar-refractivity contribution in [2.24, 2.45) is 0 Å². The molecular formula is C12H9BrN4O. The van der Waals surface area contributed by atoms with Crippen LogP contribution in [-0.2, 0) is 0 Å². The maximum absolute atomic E-state index is 11.5. The summed E-state index contributed by atoms with van der Waals surface area (Å²) in [5.41, 5.74) is 1.19. The van der Waals surface area contributed by atoms with E-state index in [9.17, 15) is 4.79 Å². The summed E-state index contributed by atoms with van der Waals surface area (Å²) >= 11 is 3.21. The van der Waals surface area contributed by atoms with Gasteiger partial charge in [-0.05, 0) is 40.2 Å². The monoisotopic (exact) mass is 304 g/mol. The van der Waals surface area contributed by atoms with Gasteiger partial charge in [0, 0.05) is 12.7 Å². The molecule has 1 heterocycles. The van der Waals surface area contributed by atoms with Gasteiger partial charge in [-0.2, -0.15) is 5.26 Å². The zero-order valence-corrected chi connectivity index (χ0v) is 11.1. The van der Waals surface area contributed by atoms with Gasteiger partial charge in [-0.15, -0.1) is 0 Å². The van der Waals surface area contributed by atoms with Crippen LogP contribution in [0.15, 0.2) is 39.9 Å². The Kier molecular flexibility index (Phi) is 3.44. The van der Waals surface area contributed by atoms with Crippen LogP contribution in [0.4, 0.5) is 11.5 Å². The number of nitrogens with one attached hydrogen (secondary N) is 1. The molecule has 18 heavy (non-hydrogen) atoms. The van der Waals surface area contributed by atoms with E-state index in [1.165, 1.54) is 6.33 Å². The third-order valence-electron chi connectivity index (χ3n) is 2.48. The number of rotatable bonds is 2. The number of benzene rings is 1. The molecule has 0 amide bonds. The fraction of sp³-hybridized carbons (Fsp3) is 0.0833. The van der Waals surface area contributed by atoms with Gasteiger partial charge in [0.25, 0.3) is 5.56 Å². The Hall–Kier alpha value is -2.13. The number of H-pyrrole nitrogens is 1. The van der Waals surface area contributed by atoms with Crippen LogP contribution in [0.25, 0.3) is 0 Å². The third-order valence-corrected chi connectivity index (χ3v) is 3.19. The molecule has 0 fully saturated rings. The molecule has 0 aliphatic heterocycles. The molecule has 1 aromatic heterocycles. The van der Waals surface area contributed by atoms with Crippen molar-refractivity contribution >= 4 is 27.4 Å². The highest BCUT2D eigenvalue weighted by atomic mass is 79.9. The third kappa shape index (κ3) is 2.26. The van der Waals surface area contributed by atoms with E-state index in [1.807, 2.05) is 0 Å². The van der Waals surface area contributed by atoms with E-state index in [-0.39, 0.29) is 5.56 Å². The number of nitrogens with zero attached hydrogens (tertiary/aromatic N) is 3. The van der Waals surface area contributed by atoms with Gasteiger partial charge < -0.3 is 9.88 Å². The first-order valence-electron chi connectivity index (χ1n) is 5.10. The van der Waals surface area contributed by atoms with E-state index in [2.05, 4.69) is 32.0 Å². The highest BCUT2D eigenvalue weighted by molar-refractivity contribution is 9.10. The van der Waals surface area contributed by atoms with Crippen LogP contribution in [0, 0.1) is 11.3 Å². The maximum atomic E-state index is 11.5. The Morgan fingerprint density at radius 3 is 2.67 bits per heavy atom. The lowest BCUT2D eigenvalue weighted by atomic mass is 10.2. The molecule has 1 aromatic carbocycles. The zero-order chi connectivity index (χ0) is 13.1. The van der Waals surface area contributed by atoms with Crippen LogP contribution in [0.1, 0.15) is 5.56 Å². The second kappa shape index (κ2) is 5.02. The second-order valence-electron chi connectivity index (χ2n) is 3.59. The molecule has 2 rings (SSSR count). The molecule has 0 saturated carbocycles. The lowest BCUT2D eigenvalue weighted by Gasteiger charge is -2.18. The number of hydrogen-bond acceptors (Lipinski definition) is 4. The SMILES string of the molecule is CN(c1ccc(C#N)cc1)c1nc[nH]c(=O)c1Br. The Balaban J connectivity index is 2.42. The molecule has 1 N–H and O–H groups in total. The molecule has 0 radical (unpaired) electrons. The van der Waals surface area contributed by atoms with Crippen LogP contribution in [0.3, 0.4) is 0 Å². The van der Waals surface area contributed by atoms with Crippen molar-refractivity contribution in [3.05, 3.63) is 51.0 Å². The van der Waals surface area contributed by atoms with E-state index < -0.39 is 0 Å². The molecular weight excluding hydrogens is 296 g/mol. The minimum Gasteiger partial charge on any atom is -0.328 e. The molecule has 0 atom stereocenters. The summed E-state index contributed by atoms with van der Waals surface area (Å²) in [6.07, 6.45) is 1.35. The van der Waals surface area contributed by atoms with Gasteiger partial charge in [-0.25, -0.2) is 4.98 Å². The predicted octanol–water partition coefficient (Wildman–Crippen LogP) is 2.17. The van der Waals surface area contributed by atoms with Gasteiger partial charge in [0.15, 0.2) is 5.82 Å². The second-order valence-corrected chi connectivity index (χ2v) is 4.38. The van der Waals surface area contributed by atoms with Crippen LogP contribution < -0.4 is 10.5 Å². The van der Waals surface area contributed by atoms with Crippen molar-refractivity contribution in [1.82, 2.24) is 9.97 Å². The van der Waals surface area contributed by atoms with Crippen molar-refractivity contribution in [3.63, 3.8) is 0 Å². The fourth-order valence-corrected chi connectivity index (χ4v) is 1.97. The van der Waals surface area contributed by atoms with Crippen molar-refractivity contribution < 1.29 is 0 Å². The summed E-state index contributed by atoms with van der Waals surface area (Å²) in [5.74, 6) is 0.517. The Morgan fingerprint density at radius 1 is 1.39 bits per heavy atom. The van der Waals surface area contributed by atoms with Gasteiger partial charge >= 0.3 is 0 Å². The van der Waals surface area contributed by atoms with E-state index >= 15 is 0 Å². The number of aromatic nitrogens is 2. The van der Waals surface area contributed by atoms with Crippen molar-refractivity contribution in [2.75, 3.05) is 11.9 Å². The summed E-state index contributed by atoms with van der Waals surface area (Å²) < 4.78 is 0.372. The van der Waals surface area contributed by atoms with Gasteiger partial charge in [0.1, 0.15) is 4.47 Å². The molecule has 0 unspecified atom stereocenters. The average Bonchev–Trinajstić information content (AvgIpc) is 2.41. The molecule has 90 valence electrons. The zero-order valence-electron chi connectivity index (χ0n) is 9.51. The summed E-state index contributed by atoms with van der Waals surface area (Å²) in [4.78, 5) is 19.8. The first-order valence-corrected chi connectivity index (χ1v) is 5.90. The highest BCUT2D eigenvalue weighted by Crippen LogP contribution is 2.25. The van der Waals surface area contributed by atoms with E-state index in [0.717, 1.165) is 5.69 Å². The number of nitriles is 1. The van der Waals surface area contributed by atoms with Gasteiger partial charge in [0.05, 0.1) is 18.0 Å². The average molecular weight is 305 g/mol. The lowest BCUT2D eigenvalue weighted by molar-refractivity contribution is 1.04. The quantitative estimate of drug-likeness (QED) is 0.923. The number of aromatic amines is 1. The molecule has 0 bridgehead atoms. The summed E-state index contributed by atoms with van der Waals surface area (Å²) in [6, 6.07) is 9.08. The molecule has 0 aliphatic carbocycles. The normalized spacial score (nSPS) is 9.83. The predicted molar refractivity (Wildman–Crippen MR) is 71.8 cm³/mol. The summed E-state index contributed by atoms with van der Waals surface area (Å²) in [5, 5.41) is 8.74. The van der Waals surface area contributed by atoms with Crippen molar-refractivity contribution in [2.45, 2.75) is 0 Å². The van der Waals surface area contributed by atoms with E-state index in [4.69, 9.17) is 5.26 Å². The van der Waals surface area contributed by atoms with Gasteiger partial charge in [-0.1, -0.05) is 0 Å². The Labute approximate surface area is 112 Å². The minimum absolute atomic E-state index is 0.236. The number of halogens is 1. The number of anilines is 2. The van der Waals surface area contributed by atoms with Crippen molar-refractivity contribution in [1.29, 1.82) is 5.26 Å². The fourth-order valence-electron chi connectivity index (χ4n) is 1.49. The first-order chi connectivity index (χ1) is 8.63. The highest BCUT2D eigenvalue weighted by Gasteiger charge is 2.11. The van der Waals surface area contributed by atoms with E-state index in [0.29, 0.717) is 15.9 Å².